The zero-order chi connectivity index (χ0) is 11.6. The third-order valence-electron chi connectivity index (χ3n) is 2.44. The standard InChI is InChI=1S/C10H25NO3Si.H3N/c1-4-5-6-7-8-9-14-15(10-11,12-2)13-3;/h4-11H2,1-3H3;1H3. The lowest BCUT2D eigenvalue weighted by atomic mass is 10.2. The van der Waals surface area contributed by atoms with Gasteiger partial charge >= 0.3 is 8.80 Å². The van der Waals surface area contributed by atoms with Gasteiger partial charge in [-0.05, 0) is 6.42 Å². The van der Waals surface area contributed by atoms with E-state index in [1.807, 2.05) is 0 Å². The smallest absolute Gasteiger partial charge is 0.376 e. The number of rotatable bonds is 10. The van der Waals surface area contributed by atoms with Gasteiger partial charge in [0.1, 0.15) is 0 Å². The topological polar surface area (TPSA) is 88.7 Å². The van der Waals surface area contributed by atoms with Gasteiger partial charge in [0, 0.05) is 20.8 Å². The summed E-state index contributed by atoms with van der Waals surface area (Å²) in [5.41, 5.74) is 5.58. The largest absolute Gasteiger partial charge is 0.514 e. The molecule has 0 heterocycles. The second-order valence-electron chi connectivity index (χ2n) is 3.56. The Morgan fingerprint density at radius 1 is 1.00 bits per heavy atom. The second-order valence-corrected chi connectivity index (χ2v) is 6.44. The first kappa shape index (κ1) is 18.4. The van der Waals surface area contributed by atoms with Crippen molar-refractivity contribution in [3.63, 3.8) is 0 Å². The average molecular weight is 252 g/mol. The zero-order valence-electron chi connectivity index (χ0n) is 11.0. The average Bonchev–Trinajstić information content (AvgIpc) is 2.29. The Kier molecular flexibility index (Phi) is 13.2. The van der Waals surface area contributed by atoms with Crippen LogP contribution in [0.1, 0.15) is 39.0 Å². The van der Waals surface area contributed by atoms with E-state index in [0.29, 0.717) is 12.8 Å². The molecule has 0 atom stereocenters. The monoisotopic (exact) mass is 252 g/mol. The van der Waals surface area contributed by atoms with Crippen molar-refractivity contribution in [3.05, 3.63) is 0 Å². The van der Waals surface area contributed by atoms with Gasteiger partial charge in [-0.15, -0.1) is 0 Å². The summed E-state index contributed by atoms with van der Waals surface area (Å²) in [6.45, 7) is 2.90. The van der Waals surface area contributed by atoms with E-state index in [4.69, 9.17) is 19.0 Å². The van der Waals surface area contributed by atoms with Crippen LogP contribution in [0.25, 0.3) is 0 Å². The summed E-state index contributed by atoms with van der Waals surface area (Å²) in [7, 11) is 0.686. The van der Waals surface area contributed by atoms with Gasteiger partial charge in [0.2, 0.25) is 0 Å². The Morgan fingerprint density at radius 3 is 2.00 bits per heavy atom. The molecule has 0 rings (SSSR count). The summed E-state index contributed by atoms with van der Waals surface area (Å²) >= 11 is 0. The predicted octanol–water partition coefficient (Wildman–Crippen LogP) is 1.86. The lowest BCUT2D eigenvalue weighted by molar-refractivity contribution is 0.0978. The second kappa shape index (κ2) is 11.5. The van der Waals surface area contributed by atoms with Crippen LogP contribution >= 0.6 is 0 Å². The molecule has 5 N–H and O–H groups in total. The van der Waals surface area contributed by atoms with Crippen molar-refractivity contribution in [3.8, 4) is 0 Å². The molecule has 0 radical (unpaired) electrons. The highest BCUT2D eigenvalue weighted by Gasteiger charge is 2.36. The van der Waals surface area contributed by atoms with Crippen LogP contribution in [0.2, 0.25) is 0 Å². The molecule has 0 aromatic rings. The van der Waals surface area contributed by atoms with E-state index < -0.39 is 8.80 Å². The van der Waals surface area contributed by atoms with Gasteiger partial charge in [0.25, 0.3) is 0 Å². The third kappa shape index (κ3) is 7.32. The van der Waals surface area contributed by atoms with Crippen LogP contribution in [0.15, 0.2) is 0 Å². The molecule has 0 aliphatic carbocycles. The van der Waals surface area contributed by atoms with E-state index in [0.717, 1.165) is 6.42 Å². The van der Waals surface area contributed by atoms with E-state index in [1.165, 1.54) is 25.7 Å². The Hall–Kier alpha value is 0.0169. The van der Waals surface area contributed by atoms with Gasteiger partial charge in [-0.2, -0.15) is 0 Å². The van der Waals surface area contributed by atoms with E-state index >= 15 is 0 Å². The van der Waals surface area contributed by atoms with Crippen molar-refractivity contribution in [2.75, 3.05) is 27.0 Å². The van der Waals surface area contributed by atoms with Crippen LogP contribution in [0.4, 0.5) is 0 Å². The molecule has 0 aliphatic rings. The van der Waals surface area contributed by atoms with Crippen LogP contribution in [0.3, 0.4) is 0 Å². The number of hydrogen-bond donors (Lipinski definition) is 2. The van der Waals surface area contributed by atoms with E-state index in [1.54, 1.807) is 14.2 Å². The summed E-state index contributed by atoms with van der Waals surface area (Å²) in [6.07, 6.45) is 6.44. The van der Waals surface area contributed by atoms with Gasteiger partial charge in [0.15, 0.2) is 0 Å². The lowest BCUT2D eigenvalue weighted by Crippen LogP contribution is -2.51. The van der Waals surface area contributed by atoms with Crippen molar-refractivity contribution < 1.29 is 13.3 Å². The molecule has 16 heavy (non-hydrogen) atoms. The highest BCUT2D eigenvalue weighted by molar-refractivity contribution is 6.60. The predicted molar refractivity (Wildman–Crippen MR) is 68.6 cm³/mol. The summed E-state index contributed by atoms with van der Waals surface area (Å²) in [5.74, 6) is 0. The lowest BCUT2D eigenvalue weighted by Gasteiger charge is -2.24. The van der Waals surface area contributed by atoms with Crippen LogP contribution in [-0.4, -0.2) is 35.8 Å². The zero-order valence-corrected chi connectivity index (χ0v) is 12.0. The van der Waals surface area contributed by atoms with Gasteiger partial charge in [-0.25, -0.2) is 0 Å². The van der Waals surface area contributed by atoms with Crippen molar-refractivity contribution in [2.24, 2.45) is 5.73 Å². The minimum atomic E-state index is -2.51. The Morgan fingerprint density at radius 2 is 1.56 bits per heavy atom. The van der Waals surface area contributed by atoms with Gasteiger partial charge in [-0.3, -0.25) is 0 Å². The van der Waals surface area contributed by atoms with E-state index in [-0.39, 0.29) is 6.15 Å². The molecule has 0 aromatic carbocycles. The molecule has 0 spiro atoms. The first-order chi connectivity index (χ1) is 7.24. The highest BCUT2D eigenvalue weighted by Crippen LogP contribution is 2.08. The van der Waals surface area contributed by atoms with Crippen LogP contribution < -0.4 is 11.9 Å². The fourth-order valence-electron chi connectivity index (χ4n) is 1.36. The molecule has 0 amide bonds. The maximum Gasteiger partial charge on any atom is 0.514 e. The summed E-state index contributed by atoms with van der Waals surface area (Å²) < 4.78 is 16.1. The van der Waals surface area contributed by atoms with Crippen LogP contribution in [0, 0.1) is 0 Å². The van der Waals surface area contributed by atoms with E-state index in [2.05, 4.69) is 6.92 Å². The Bertz CT molecular complexity index is 138. The molecule has 0 saturated carbocycles. The van der Waals surface area contributed by atoms with Crippen LogP contribution in [-0.2, 0) is 13.3 Å². The highest BCUT2D eigenvalue weighted by atomic mass is 28.4. The molecule has 6 heteroatoms. The maximum absolute atomic E-state index is 5.63. The summed E-state index contributed by atoms with van der Waals surface area (Å²) in [4.78, 5) is 0. The fraction of sp³-hybridized carbons (Fsp3) is 1.00. The van der Waals surface area contributed by atoms with Gasteiger partial charge in [0.05, 0.1) is 6.17 Å². The molecular formula is C10H28N2O3Si. The van der Waals surface area contributed by atoms with E-state index in [9.17, 15) is 0 Å². The molecule has 0 unspecified atom stereocenters. The Labute approximate surface area is 101 Å². The molecular weight excluding hydrogens is 224 g/mol. The number of unbranched alkanes of at least 4 members (excludes halogenated alkanes) is 4. The number of hydrogen-bond acceptors (Lipinski definition) is 5. The molecule has 0 aliphatic heterocycles. The molecule has 0 fully saturated rings. The molecule has 0 saturated heterocycles. The molecule has 0 bridgehead atoms. The normalized spacial score (nSPS) is 11.2. The minimum absolute atomic E-state index is 0. The Balaban J connectivity index is 0. The van der Waals surface area contributed by atoms with Crippen molar-refractivity contribution in [1.29, 1.82) is 0 Å². The van der Waals surface area contributed by atoms with Gasteiger partial charge < -0.3 is 25.2 Å². The maximum atomic E-state index is 5.63. The summed E-state index contributed by atoms with van der Waals surface area (Å²) in [6, 6.07) is 0. The van der Waals surface area contributed by atoms with Crippen molar-refractivity contribution in [1.82, 2.24) is 6.15 Å². The first-order valence-corrected chi connectivity index (χ1v) is 7.62. The molecule has 100 valence electrons. The number of nitrogens with two attached hydrogens (primary N) is 1. The van der Waals surface area contributed by atoms with Crippen molar-refractivity contribution in [2.45, 2.75) is 39.0 Å². The van der Waals surface area contributed by atoms with Crippen molar-refractivity contribution >= 4 is 8.80 Å². The first-order valence-electron chi connectivity index (χ1n) is 5.69. The minimum Gasteiger partial charge on any atom is -0.376 e. The molecule has 5 nitrogen and oxygen atoms in total. The molecule has 0 aromatic heterocycles. The van der Waals surface area contributed by atoms with Crippen LogP contribution in [0.5, 0.6) is 0 Å². The third-order valence-corrected chi connectivity index (χ3v) is 4.83. The summed E-state index contributed by atoms with van der Waals surface area (Å²) in [5, 5.41) is 0. The quantitative estimate of drug-likeness (QED) is 0.457. The van der Waals surface area contributed by atoms with Gasteiger partial charge in [-0.1, -0.05) is 32.6 Å². The fourth-order valence-corrected chi connectivity index (χ4v) is 2.67. The SMILES string of the molecule is CCCCCCCO[Si](CN)(OC)OC.N.